The Hall–Kier alpha value is -2.71. The van der Waals surface area contributed by atoms with Gasteiger partial charge in [0.25, 0.3) is 0 Å². The lowest BCUT2D eigenvalue weighted by Crippen LogP contribution is -2.22. The predicted molar refractivity (Wildman–Crippen MR) is 104 cm³/mol. The van der Waals surface area contributed by atoms with Gasteiger partial charge in [0.1, 0.15) is 5.82 Å². The van der Waals surface area contributed by atoms with Crippen molar-refractivity contribution in [2.45, 2.75) is 17.7 Å². The highest BCUT2D eigenvalue weighted by Gasteiger charge is 2.17. The molecule has 148 valence electrons. The van der Waals surface area contributed by atoms with E-state index in [2.05, 4.69) is 4.98 Å². The van der Waals surface area contributed by atoms with Crippen molar-refractivity contribution in [2.24, 2.45) is 0 Å². The SMILES string of the molecule is CN(C)S(=O)(=O)c1ccc(C(=O)OCCCc2c[nH]c3ccc(F)cc23)cc1. The van der Waals surface area contributed by atoms with Gasteiger partial charge in [-0.1, -0.05) is 0 Å². The van der Waals surface area contributed by atoms with Gasteiger partial charge in [0.05, 0.1) is 17.1 Å². The molecule has 6 nitrogen and oxygen atoms in total. The molecule has 8 heteroatoms. The molecular weight excluding hydrogens is 383 g/mol. The number of sulfonamides is 1. The maximum atomic E-state index is 13.4. The topological polar surface area (TPSA) is 79.5 Å². The van der Waals surface area contributed by atoms with Crippen molar-refractivity contribution in [2.75, 3.05) is 20.7 Å². The zero-order valence-electron chi connectivity index (χ0n) is 15.6. The molecule has 1 N–H and O–H groups in total. The normalized spacial score (nSPS) is 11.9. The Morgan fingerprint density at radius 3 is 2.54 bits per heavy atom. The number of hydrogen-bond donors (Lipinski definition) is 1. The summed E-state index contributed by atoms with van der Waals surface area (Å²) in [7, 11) is -0.647. The molecule has 2 aromatic carbocycles. The van der Waals surface area contributed by atoms with Crippen LogP contribution in [0.15, 0.2) is 53.6 Å². The van der Waals surface area contributed by atoms with Gasteiger partial charge >= 0.3 is 5.97 Å². The summed E-state index contributed by atoms with van der Waals surface area (Å²) in [6, 6.07) is 10.2. The number of fused-ring (bicyclic) bond motifs is 1. The highest BCUT2D eigenvalue weighted by molar-refractivity contribution is 7.89. The number of halogens is 1. The van der Waals surface area contributed by atoms with Crippen molar-refractivity contribution in [1.29, 1.82) is 0 Å². The van der Waals surface area contributed by atoms with E-state index in [0.29, 0.717) is 12.8 Å². The molecule has 28 heavy (non-hydrogen) atoms. The summed E-state index contributed by atoms with van der Waals surface area (Å²) in [6.07, 6.45) is 3.05. The van der Waals surface area contributed by atoms with Gasteiger partial charge in [-0.3, -0.25) is 0 Å². The van der Waals surface area contributed by atoms with Crippen molar-refractivity contribution in [3.8, 4) is 0 Å². The Kier molecular flexibility index (Phi) is 5.81. The summed E-state index contributed by atoms with van der Waals surface area (Å²) in [5, 5.41) is 0.823. The van der Waals surface area contributed by atoms with Crippen LogP contribution in [-0.4, -0.2) is 44.4 Å². The minimum Gasteiger partial charge on any atom is -0.462 e. The maximum Gasteiger partial charge on any atom is 0.338 e. The van der Waals surface area contributed by atoms with Gasteiger partial charge in [-0.15, -0.1) is 0 Å². The molecule has 3 aromatic rings. The number of ether oxygens (including phenoxy) is 1. The third kappa shape index (κ3) is 4.23. The Morgan fingerprint density at radius 2 is 1.86 bits per heavy atom. The lowest BCUT2D eigenvalue weighted by Gasteiger charge is -2.11. The van der Waals surface area contributed by atoms with E-state index in [9.17, 15) is 17.6 Å². The molecule has 0 unspecified atom stereocenters. The summed E-state index contributed by atoms with van der Waals surface area (Å²) in [4.78, 5) is 15.3. The number of rotatable bonds is 7. The lowest BCUT2D eigenvalue weighted by atomic mass is 10.1. The first kappa shape index (κ1) is 20.0. The Balaban J connectivity index is 1.55. The summed E-state index contributed by atoms with van der Waals surface area (Å²) in [6.45, 7) is 0.207. The average molecular weight is 404 g/mol. The van der Waals surface area contributed by atoms with E-state index < -0.39 is 16.0 Å². The van der Waals surface area contributed by atoms with Gasteiger partial charge in [-0.05, 0) is 60.9 Å². The molecule has 0 saturated heterocycles. The van der Waals surface area contributed by atoms with Crippen LogP contribution in [0.1, 0.15) is 22.3 Å². The van der Waals surface area contributed by atoms with Crippen molar-refractivity contribution in [3.63, 3.8) is 0 Å². The molecule has 0 aliphatic rings. The van der Waals surface area contributed by atoms with Crippen molar-refractivity contribution in [1.82, 2.24) is 9.29 Å². The average Bonchev–Trinajstić information content (AvgIpc) is 3.07. The van der Waals surface area contributed by atoms with Gasteiger partial charge in [-0.25, -0.2) is 21.9 Å². The first-order valence-electron chi connectivity index (χ1n) is 8.74. The molecule has 0 bridgehead atoms. The maximum absolute atomic E-state index is 13.4. The molecule has 0 atom stereocenters. The van der Waals surface area contributed by atoms with E-state index in [1.165, 1.54) is 50.5 Å². The third-order valence-electron chi connectivity index (χ3n) is 4.42. The first-order chi connectivity index (χ1) is 13.3. The van der Waals surface area contributed by atoms with Crippen molar-refractivity contribution < 1.29 is 22.3 Å². The predicted octanol–water partition coefficient (Wildman–Crippen LogP) is 3.35. The summed E-state index contributed by atoms with van der Waals surface area (Å²) in [5.74, 6) is -0.807. The Labute approximate surface area is 163 Å². The van der Waals surface area contributed by atoms with Crippen LogP contribution < -0.4 is 0 Å². The number of esters is 1. The van der Waals surface area contributed by atoms with E-state index in [-0.39, 0.29) is 22.9 Å². The van der Waals surface area contributed by atoms with Gasteiger partial charge in [-0.2, -0.15) is 0 Å². The third-order valence-corrected chi connectivity index (χ3v) is 6.25. The fourth-order valence-electron chi connectivity index (χ4n) is 2.84. The van der Waals surface area contributed by atoms with Crippen LogP contribution in [0, 0.1) is 5.82 Å². The fraction of sp³-hybridized carbons (Fsp3) is 0.250. The van der Waals surface area contributed by atoms with Gasteiger partial charge < -0.3 is 9.72 Å². The first-order valence-corrected chi connectivity index (χ1v) is 10.2. The second kappa shape index (κ2) is 8.12. The van der Waals surface area contributed by atoms with Crippen molar-refractivity contribution in [3.05, 3.63) is 65.6 Å². The number of aryl methyl sites for hydroxylation is 1. The van der Waals surface area contributed by atoms with Crippen LogP contribution in [0.25, 0.3) is 10.9 Å². The molecule has 3 rings (SSSR count). The molecule has 0 radical (unpaired) electrons. The fourth-order valence-corrected chi connectivity index (χ4v) is 3.74. The van der Waals surface area contributed by atoms with E-state index >= 15 is 0 Å². The molecule has 0 amide bonds. The minimum absolute atomic E-state index is 0.112. The smallest absolute Gasteiger partial charge is 0.338 e. The second-order valence-electron chi connectivity index (χ2n) is 6.56. The molecule has 0 fully saturated rings. The van der Waals surface area contributed by atoms with Crippen LogP contribution in [0.2, 0.25) is 0 Å². The number of nitrogens with zero attached hydrogens (tertiary/aromatic N) is 1. The summed E-state index contributed by atoms with van der Waals surface area (Å²) < 4.78 is 43.8. The van der Waals surface area contributed by atoms with Gasteiger partial charge in [0.15, 0.2) is 0 Å². The van der Waals surface area contributed by atoms with Crippen molar-refractivity contribution >= 4 is 26.9 Å². The second-order valence-corrected chi connectivity index (χ2v) is 8.71. The number of benzene rings is 2. The van der Waals surface area contributed by atoms with Gasteiger partial charge in [0, 0.05) is 31.2 Å². The zero-order chi connectivity index (χ0) is 20.3. The summed E-state index contributed by atoms with van der Waals surface area (Å²) >= 11 is 0. The molecule has 0 spiro atoms. The molecule has 1 aromatic heterocycles. The van der Waals surface area contributed by atoms with Crippen LogP contribution in [0.3, 0.4) is 0 Å². The van der Waals surface area contributed by atoms with E-state index in [4.69, 9.17) is 4.74 Å². The van der Waals surface area contributed by atoms with E-state index in [1.54, 1.807) is 6.07 Å². The van der Waals surface area contributed by atoms with E-state index in [1.807, 2.05) is 6.20 Å². The molecule has 0 aliphatic heterocycles. The number of aromatic nitrogens is 1. The lowest BCUT2D eigenvalue weighted by molar-refractivity contribution is 0.0500. The summed E-state index contributed by atoms with van der Waals surface area (Å²) in [5.41, 5.74) is 2.11. The molecule has 1 heterocycles. The monoisotopic (exact) mass is 404 g/mol. The Morgan fingerprint density at radius 1 is 1.14 bits per heavy atom. The number of carbonyl (C=O) groups excluding carboxylic acids is 1. The minimum atomic E-state index is -3.53. The highest BCUT2D eigenvalue weighted by Crippen LogP contribution is 2.21. The van der Waals surface area contributed by atoms with Crippen LogP contribution in [0.5, 0.6) is 0 Å². The van der Waals surface area contributed by atoms with Crippen LogP contribution in [-0.2, 0) is 21.2 Å². The van der Waals surface area contributed by atoms with E-state index in [0.717, 1.165) is 20.8 Å². The van der Waals surface area contributed by atoms with Gasteiger partial charge in [0.2, 0.25) is 10.0 Å². The molecular formula is C20H21FN2O4S. The number of carbonyl (C=O) groups is 1. The number of H-pyrrole nitrogens is 1. The Bertz CT molecular complexity index is 1090. The quantitative estimate of drug-likeness (QED) is 0.484. The zero-order valence-corrected chi connectivity index (χ0v) is 16.4. The van der Waals surface area contributed by atoms with Crippen LogP contribution in [0.4, 0.5) is 4.39 Å². The molecule has 0 aliphatic carbocycles. The number of hydrogen-bond acceptors (Lipinski definition) is 4. The van der Waals surface area contributed by atoms with Crippen LogP contribution >= 0.6 is 0 Å². The molecule has 0 saturated carbocycles. The largest absolute Gasteiger partial charge is 0.462 e. The standard InChI is InChI=1S/C20H21FN2O4S/c1-23(2)28(25,26)17-8-5-14(6-9-17)20(24)27-11-3-4-15-13-22-19-10-7-16(21)12-18(15)19/h5-10,12-13,22H,3-4,11H2,1-2H3. The number of aromatic amines is 1. The highest BCUT2D eigenvalue weighted by atomic mass is 32.2. The number of nitrogens with one attached hydrogen (secondary N) is 1.